The summed E-state index contributed by atoms with van der Waals surface area (Å²) in [4.78, 5) is 2.51. The fourth-order valence-corrected chi connectivity index (χ4v) is 3.40. The van der Waals surface area contributed by atoms with Gasteiger partial charge in [-0.1, -0.05) is 25.2 Å². The number of hydrogen-bond donors (Lipinski definition) is 1. The van der Waals surface area contributed by atoms with Gasteiger partial charge in [-0.15, -0.1) is 6.42 Å². The van der Waals surface area contributed by atoms with Gasteiger partial charge in [-0.05, 0) is 45.6 Å². The van der Waals surface area contributed by atoms with Gasteiger partial charge in [0.25, 0.3) is 0 Å². The van der Waals surface area contributed by atoms with Gasteiger partial charge in [-0.25, -0.2) is 0 Å². The number of terminal acetylenes is 1. The third-order valence-electron chi connectivity index (χ3n) is 4.79. The van der Waals surface area contributed by atoms with Crippen LogP contribution in [-0.2, 0) is 0 Å². The third kappa shape index (κ3) is 3.28. The van der Waals surface area contributed by atoms with E-state index in [-0.39, 0.29) is 5.54 Å². The van der Waals surface area contributed by atoms with Gasteiger partial charge in [-0.3, -0.25) is 4.90 Å². The maximum absolute atomic E-state index is 5.70. The largest absolute Gasteiger partial charge is 0.312 e. The van der Waals surface area contributed by atoms with Crippen LogP contribution in [0.25, 0.3) is 0 Å². The van der Waals surface area contributed by atoms with Crippen molar-refractivity contribution in [2.45, 2.75) is 64.0 Å². The van der Waals surface area contributed by atoms with Crippen LogP contribution < -0.4 is 5.32 Å². The molecule has 1 N–H and O–H groups in total. The molecule has 2 fully saturated rings. The van der Waals surface area contributed by atoms with E-state index >= 15 is 0 Å². The standard InChI is InChI=1S/C16H28N2/c1-4-16(2,3)18-12-8-11-17-15(13-18)14-9-6-5-7-10-14/h1,14-15,17H,5-13H2,2-3H3. The van der Waals surface area contributed by atoms with E-state index in [1.165, 1.54) is 38.5 Å². The Kier molecular flexibility index (Phi) is 4.70. The summed E-state index contributed by atoms with van der Waals surface area (Å²) in [5, 5.41) is 3.77. The van der Waals surface area contributed by atoms with Crippen LogP contribution in [0.1, 0.15) is 52.4 Å². The van der Waals surface area contributed by atoms with Gasteiger partial charge in [0.05, 0.1) is 5.54 Å². The highest BCUT2D eigenvalue weighted by molar-refractivity contribution is 5.09. The van der Waals surface area contributed by atoms with Gasteiger partial charge in [-0.2, -0.15) is 0 Å². The predicted molar refractivity (Wildman–Crippen MR) is 77.5 cm³/mol. The number of hydrogen-bond acceptors (Lipinski definition) is 2. The molecule has 2 nitrogen and oxygen atoms in total. The summed E-state index contributed by atoms with van der Waals surface area (Å²) in [5.41, 5.74) is -0.0983. The molecule has 1 atom stereocenters. The summed E-state index contributed by atoms with van der Waals surface area (Å²) >= 11 is 0. The summed E-state index contributed by atoms with van der Waals surface area (Å²) in [6, 6.07) is 0.653. The van der Waals surface area contributed by atoms with Crippen LogP contribution in [0.15, 0.2) is 0 Å². The summed E-state index contributed by atoms with van der Waals surface area (Å²) in [6.45, 7) is 7.76. The van der Waals surface area contributed by atoms with Crippen molar-refractivity contribution in [3.63, 3.8) is 0 Å². The Morgan fingerprint density at radius 3 is 2.56 bits per heavy atom. The Bertz CT molecular complexity index is 297. The number of nitrogens with one attached hydrogen (secondary N) is 1. The first kappa shape index (κ1) is 13.9. The van der Waals surface area contributed by atoms with Gasteiger partial charge >= 0.3 is 0 Å². The molecule has 1 aliphatic carbocycles. The first-order chi connectivity index (χ1) is 8.63. The van der Waals surface area contributed by atoms with E-state index < -0.39 is 0 Å². The second kappa shape index (κ2) is 6.08. The van der Waals surface area contributed by atoms with Crippen LogP contribution in [-0.4, -0.2) is 36.1 Å². The van der Waals surface area contributed by atoms with Crippen molar-refractivity contribution in [2.24, 2.45) is 5.92 Å². The van der Waals surface area contributed by atoms with Gasteiger partial charge in [0.2, 0.25) is 0 Å². The normalized spacial score (nSPS) is 28.6. The van der Waals surface area contributed by atoms with Gasteiger partial charge in [0, 0.05) is 19.1 Å². The van der Waals surface area contributed by atoms with E-state index in [4.69, 9.17) is 6.42 Å². The maximum atomic E-state index is 5.70. The molecule has 1 heterocycles. The Balaban J connectivity index is 2.00. The van der Waals surface area contributed by atoms with E-state index in [9.17, 15) is 0 Å². The fourth-order valence-electron chi connectivity index (χ4n) is 3.40. The lowest BCUT2D eigenvalue weighted by Gasteiger charge is -2.38. The maximum Gasteiger partial charge on any atom is 0.0766 e. The number of nitrogens with zero attached hydrogens (tertiary/aromatic N) is 1. The van der Waals surface area contributed by atoms with Crippen LogP contribution >= 0.6 is 0 Å². The van der Waals surface area contributed by atoms with Crippen LogP contribution in [0.5, 0.6) is 0 Å². The summed E-state index contributed by atoms with van der Waals surface area (Å²) in [7, 11) is 0. The smallest absolute Gasteiger partial charge is 0.0766 e. The minimum atomic E-state index is -0.0983. The topological polar surface area (TPSA) is 15.3 Å². The Hall–Kier alpha value is -0.520. The van der Waals surface area contributed by atoms with Crippen molar-refractivity contribution >= 4 is 0 Å². The molecule has 0 aromatic heterocycles. The molecular formula is C16H28N2. The van der Waals surface area contributed by atoms with Crippen molar-refractivity contribution in [1.82, 2.24) is 10.2 Å². The predicted octanol–water partition coefficient (Wildman–Crippen LogP) is 2.64. The fraction of sp³-hybridized carbons (Fsp3) is 0.875. The highest BCUT2D eigenvalue weighted by atomic mass is 15.2. The summed E-state index contributed by atoms with van der Waals surface area (Å²) < 4.78 is 0. The Morgan fingerprint density at radius 1 is 1.17 bits per heavy atom. The number of rotatable bonds is 2. The molecule has 2 aliphatic rings. The first-order valence-corrected chi connectivity index (χ1v) is 7.60. The second-order valence-corrected chi connectivity index (χ2v) is 6.46. The summed E-state index contributed by atoms with van der Waals surface area (Å²) in [5.74, 6) is 3.83. The van der Waals surface area contributed by atoms with Crippen molar-refractivity contribution in [1.29, 1.82) is 0 Å². The molecule has 1 aliphatic heterocycles. The summed E-state index contributed by atoms with van der Waals surface area (Å²) in [6.07, 6.45) is 14.0. The molecule has 2 rings (SSSR count). The minimum Gasteiger partial charge on any atom is -0.312 e. The molecule has 0 radical (unpaired) electrons. The molecule has 0 aromatic carbocycles. The lowest BCUT2D eigenvalue weighted by atomic mass is 9.83. The molecule has 2 heteroatoms. The van der Waals surface area contributed by atoms with Crippen molar-refractivity contribution in [3.8, 4) is 12.3 Å². The molecule has 0 spiro atoms. The lowest BCUT2D eigenvalue weighted by Crippen LogP contribution is -2.50. The average Bonchev–Trinajstić information content (AvgIpc) is 2.66. The molecule has 1 unspecified atom stereocenters. The van der Waals surface area contributed by atoms with E-state index in [0.29, 0.717) is 6.04 Å². The van der Waals surface area contributed by atoms with Crippen LogP contribution in [0.3, 0.4) is 0 Å². The van der Waals surface area contributed by atoms with Gasteiger partial charge in [0.15, 0.2) is 0 Å². The Labute approximate surface area is 113 Å². The van der Waals surface area contributed by atoms with Crippen LogP contribution in [0.4, 0.5) is 0 Å². The lowest BCUT2D eigenvalue weighted by molar-refractivity contribution is 0.142. The van der Waals surface area contributed by atoms with E-state index in [2.05, 4.69) is 30.0 Å². The van der Waals surface area contributed by atoms with E-state index in [0.717, 1.165) is 25.6 Å². The molecule has 0 amide bonds. The molecule has 102 valence electrons. The molecule has 0 bridgehead atoms. The van der Waals surface area contributed by atoms with Gasteiger partial charge in [0.1, 0.15) is 0 Å². The molecule has 18 heavy (non-hydrogen) atoms. The van der Waals surface area contributed by atoms with E-state index in [1.54, 1.807) is 0 Å². The molecule has 1 saturated carbocycles. The van der Waals surface area contributed by atoms with Crippen molar-refractivity contribution in [3.05, 3.63) is 0 Å². The second-order valence-electron chi connectivity index (χ2n) is 6.46. The zero-order chi connectivity index (χ0) is 13.0. The Morgan fingerprint density at radius 2 is 1.89 bits per heavy atom. The monoisotopic (exact) mass is 248 g/mol. The average molecular weight is 248 g/mol. The van der Waals surface area contributed by atoms with Gasteiger partial charge < -0.3 is 5.32 Å². The molecular weight excluding hydrogens is 220 g/mol. The minimum absolute atomic E-state index is 0.0983. The quantitative estimate of drug-likeness (QED) is 0.756. The SMILES string of the molecule is C#CC(C)(C)N1CCCNC(C2CCCCC2)C1. The van der Waals surface area contributed by atoms with Crippen molar-refractivity contribution < 1.29 is 0 Å². The molecule has 1 saturated heterocycles. The highest BCUT2D eigenvalue weighted by Gasteiger charge is 2.32. The van der Waals surface area contributed by atoms with E-state index in [1.807, 2.05) is 0 Å². The third-order valence-corrected chi connectivity index (χ3v) is 4.79. The van der Waals surface area contributed by atoms with Crippen LogP contribution in [0, 0.1) is 18.3 Å². The molecule has 0 aromatic rings. The zero-order valence-electron chi connectivity index (χ0n) is 12.0. The first-order valence-electron chi connectivity index (χ1n) is 7.60. The zero-order valence-corrected chi connectivity index (χ0v) is 12.0. The van der Waals surface area contributed by atoms with Crippen LogP contribution in [0.2, 0.25) is 0 Å². The van der Waals surface area contributed by atoms with Crippen molar-refractivity contribution in [2.75, 3.05) is 19.6 Å². The highest BCUT2D eigenvalue weighted by Crippen LogP contribution is 2.28.